The van der Waals surface area contributed by atoms with Gasteiger partial charge in [0.1, 0.15) is 5.82 Å². The Balaban J connectivity index is 2.06. The Kier molecular flexibility index (Phi) is 4.08. The van der Waals surface area contributed by atoms with Crippen molar-refractivity contribution in [3.8, 4) is 5.88 Å². The van der Waals surface area contributed by atoms with Crippen LogP contribution in [0.5, 0.6) is 5.88 Å². The van der Waals surface area contributed by atoms with Gasteiger partial charge in [0.2, 0.25) is 5.88 Å². The molecule has 0 fully saturated rings. The zero-order valence-corrected chi connectivity index (χ0v) is 9.97. The fraction of sp³-hybridized carbons (Fsp3) is 0.286. The van der Waals surface area contributed by atoms with Crippen LogP contribution in [-0.2, 0) is 6.42 Å². The van der Waals surface area contributed by atoms with E-state index in [1.807, 2.05) is 18.2 Å². The fourth-order valence-corrected chi connectivity index (χ4v) is 1.53. The van der Waals surface area contributed by atoms with Crippen molar-refractivity contribution in [2.45, 2.75) is 19.8 Å². The zero-order chi connectivity index (χ0) is 11.9. The summed E-state index contributed by atoms with van der Waals surface area (Å²) in [5.41, 5.74) is 1.21. The van der Waals surface area contributed by atoms with Gasteiger partial charge in [0.25, 0.3) is 0 Å². The summed E-state index contributed by atoms with van der Waals surface area (Å²) >= 11 is 0. The van der Waals surface area contributed by atoms with Crippen molar-refractivity contribution in [2.24, 2.45) is 0 Å². The third-order valence-electron chi connectivity index (χ3n) is 2.34. The van der Waals surface area contributed by atoms with Crippen LogP contribution in [0.15, 0.2) is 42.6 Å². The molecular weight excluding hydrogens is 212 g/mol. The van der Waals surface area contributed by atoms with Gasteiger partial charge in [-0.3, -0.25) is 0 Å². The third kappa shape index (κ3) is 3.55. The first-order valence-electron chi connectivity index (χ1n) is 5.87. The lowest BCUT2D eigenvalue weighted by Gasteiger charge is -2.05. The van der Waals surface area contributed by atoms with Crippen LogP contribution in [0.4, 0.5) is 0 Å². The minimum absolute atomic E-state index is 0.660. The van der Waals surface area contributed by atoms with Gasteiger partial charge >= 0.3 is 0 Å². The maximum absolute atomic E-state index is 5.48. The Morgan fingerprint density at radius 2 is 1.94 bits per heavy atom. The van der Waals surface area contributed by atoms with E-state index in [0.717, 1.165) is 18.7 Å². The molecule has 1 aromatic carbocycles. The van der Waals surface area contributed by atoms with Crippen molar-refractivity contribution >= 4 is 0 Å². The summed E-state index contributed by atoms with van der Waals surface area (Å²) < 4.78 is 5.48. The number of hydrogen-bond acceptors (Lipinski definition) is 3. The fourth-order valence-electron chi connectivity index (χ4n) is 1.53. The summed E-state index contributed by atoms with van der Waals surface area (Å²) in [5.74, 6) is 1.46. The van der Waals surface area contributed by atoms with Crippen molar-refractivity contribution in [3.63, 3.8) is 0 Å². The van der Waals surface area contributed by atoms with Crippen LogP contribution in [0, 0.1) is 0 Å². The van der Waals surface area contributed by atoms with Gasteiger partial charge < -0.3 is 4.74 Å². The standard InChI is InChI=1S/C14H16N2O/c1-2-10-17-14-8-9-15-13(16-14)11-12-6-4-3-5-7-12/h3-9H,2,10-11H2,1H3. The van der Waals surface area contributed by atoms with E-state index in [4.69, 9.17) is 4.74 Å². The average Bonchev–Trinajstić information content (AvgIpc) is 2.38. The predicted octanol–water partition coefficient (Wildman–Crippen LogP) is 2.86. The monoisotopic (exact) mass is 228 g/mol. The van der Waals surface area contributed by atoms with Gasteiger partial charge in [-0.15, -0.1) is 0 Å². The van der Waals surface area contributed by atoms with Crippen molar-refractivity contribution < 1.29 is 4.74 Å². The van der Waals surface area contributed by atoms with Crippen molar-refractivity contribution in [1.29, 1.82) is 0 Å². The summed E-state index contributed by atoms with van der Waals surface area (Å²) in [5, 5.41) is 0. The van der Waals surface area contributed by atoms with Gasteiger partial charge in [-0.25, -0.2) is 4.98 Å². The molecule has 0 aliphatic heterocycles. The van der Waals surface area contributed by atoms with Crippen LogP contribution in [0.3, 0.4) is 0 Å². The molecule has 3 heteroatoms. The third-order valence-corrected chi connectivity index (χ3v) is 2.34. The molecule has 0 unspecified atom stereocenters. The van der Waals surface area contributed by atoms with E-state index in [2.05, 4.69) is 29.0 Å². The van der Waals surface area contributed by atoms with Crippen LogP contribution >= 0.6 is 0 Å². The maximum atomic E-state index is 5.48. The van der Waals surface area contributed by atoms with Gasteiger partial charge in [0.05, 0.1) is 6.61 Å². The molecule has 1 heterocycles. The lowest BCUT2D eigenvalue weighted by molar-refractivity contribution is 0.303. The highest BCUT2D eigenvalue weighted by Gasteiger charge is 2.01. The second kappa shape index (κ2) is 5.99. The SMILES string of the molecule is CCCOc1ccnc(Cc2ccccc2)n1. The molecule has 0 atom stereocenters. The van der Waals surface area contributed by atoms with E-state index < -0.39 is 0 Å². The highest BCUT2D eigenvalue weighted by molar-refractivity contribution is 5.20. The van der Waals surface area contributed by atoms with Gasteiger partial charge in [-0.2, -0.15) is 4.98 Å². The highest BCUT2D eigenvalue weighted by atomic mass is 16.5. The van der Waals surface area contributed by atoms with Crippen LogP contribution in [-0.4, -0.2) is 16.6 Å². The Labute approximate surface area is 102 Å². The zero-order valence-electron chi connectivity index (χ0n) is 9.97. The second-order valence-electron chi connectivity index (χ2n) is 3.82. The Bertz CT molecular complexity index is 457. The van der Waals surface area contributed by atoms with E-state index in [-0.39, 0.29) is 0 Å². The first-order chi connectivity index (χ1) is 8.38. The van der Waals surface area contributed by atoms with Crippen molar-refractivity contribution in [2.75, 3.05) is 6.61 Å². The molecule has 0 spiro atoms. The summed E-state index contributed by atoms with van der Waals surface area (Å²) in [4.78, 5) is 8.62. The summed E-state index contributed by atoms with van der Waals surface area (Å²) in [6.45, 7) is 2.77. The predicted molar refractivity (Wildman–Crippen MR) is 67.1 cm³/mol. The molecule has 2 rings (SSSR count). The Morgan fingerprint density at radius 1 is 1.12 bits per heavy atom. The van der Waals surface area contributed by atoms with Crippen molar-refractivity contribution in [1.82, 2.24) is 9.97 Å². The summed E-state index contributed by atoms with van der Waals surface area (Å²) in [6.07, 6.45) is 3.47. The van der Waals surface area contributed by atoms with Gasteiger partial charge in [0, 0.05) is 18.7 Å². The van der Waals surface area contributed by atoms with E-state index in [1.54, 1.807) is 12.3 Å². The maximum Gasteiger partial charge on any atom is 0.216 e. The Morgan fingerprint density at radius 3 is 2.71 bits per heavy atom. The number of hydrogen-bond donors (Lipinski definition) is 0. The van der Waals surface area contributed by atoms with E-state index in [0.29, 0.717) is 12.5 Å². The number of rotatable bonds is 5. The smallest absolute Gasteiger partial charge is 0.216 e. The van der Waals surface area contributed by atoms with Crippen LogP contribution < -0.4 is 4.74 Å². The molecule has 0 aliphatic carbocycles. The quantitative estimate of drug-likeness (QED) is 0.789. The second-order valence-corrected chi connectivity index (χ2v) is 3.82. The van der Waals surface area contributed by atoms with Gasteiger partial charge in [0.15, 0.2) is 0 Å². The largest absolute Gasteiger partial charge is 0.478 e. The van der Waals surface area contributed by atoms with E-state index in [9.17, 15) is 0 Å². The first-order valence-corrected chi connectivity index (χ1v) is 5.87. The van der Waals surface area contributed by atoms with Crippen molar-refractivity contribution in [3.05, 3.63) is 54.0 Å². The molecule has 3 nitrogen and oxygen atoms in total. The molecular formula is C14H16N2O. The number of aromatic nitrogens is 2. The number of ether oxygens (including phenoxy) is 1. The molecule has 0 saturated heterocycles. The van der Waals surface area contributed by atoms with Crippen LogP contribution in [0.25, 0.3) is 0 Å². The topological polar surface area (TPSA) is 35.0 Å². The molecule has 0 N–H and O–H groups in total. The average molecular weight is 228 g/mol. The molecule has 2 aromatic rings. The van der Waals surface area contributed by atoms with Gasteiger partial charge in [-0.05, 0) is 12.0 Å². The molecule has 0 aliphatic rings. The molecule has 0 amide bonds. The normalized spacial score (nSPS) is 10.2. The lowest BCUT2D eigenvalue weighted by atomic mass is 10.1. The lowest BCUT2D eigenvalue weighted by Crippen LogP contribution is -2.01. The van der Waals surface area contributed by atoms with Crippen LogP contribution in [0.2, 0.25) is 0 Å². The van der Waals surface area contributed by atoms with Crippen LogP contribution in [0.1, 0.15) is 24.7 Å². The minimum atomic E-state index is 0.660. The van der Waals surface area contributed by atoms with Gasteiger partial charge in [-0.1, -0.05) is 37.3 Å². The number of benzene rings is 1. The molecule has 0 radical (unpaired) electrons. The molecule has 1 aromatic heterocycles. The van der Waals surface area contributed by atoms with E-state index in [1.165, 1.54) is 5.56 Å². The summed E-state index contributed by atoms with van der Waals surface area (Å²) in [6, 6.07) is 12.0. The van der Waals surface area contributed by atoms with E-state index >= 15 is 0 Å². The Hall–Kier alpha value is -1.90. The molecule has 88 valence electrons. The molecule has 0 bridgehead atoms. The minimum Gasteiger partial charge on any atom is -0.478 e. The number of nitrogens with zero attached hydrogens (tertiary/aromatic N) is 2. The summed E-state index contributed by atoms with van der Waals surface area (Å²) in [7, 11) is 0. The molecule has 17 heavy (non-hydrogen) atoms. The molecule has 0 saturated carbocycles. The highest BCUT2D eigenvalue weighted by Crippen LogP contribution is 2.09. The first kappa shape index (κ1) is 11.6.